The first-order valence-electron chi connectivity index (χ1n) is 10.3. The summed E-state index contributed by atoms with van der Waals surface area (Å²) in [6.07, 6.45) is 0.933. The Bertz CT molecular complexity index is 576. The third-order valence-electron chi connectivity index (χ3n) is 4.98. The van der Waals surface area contributed by atoms with Crippen LogP contribution in [0.4, 0.5) is 0 Å². The molecule has 1 unspecified atom stereocenters. The van der Waals surface area contributed by atoms with Crippen molar-refractivity contribution in [1.82, 2.24) is 20.4 Å². The number of nitrogens with zero attached hydrogens (tertiary/aromatic N) is 3. The number of nitrogens with one attached hydrogen (secondary N) is 2. The molecule has 2 rings (SSSR count). The molecule has 0 radical (unpaired) electrons. The third kappa shape index (κ3) is 9.76. The van der Waals surface area contributed by atoms with Crippen LogP contribution in [0, 0.1) is 5.92 Å². The van der Waals surface area contributed by atoms with Crippen molar-refractivity contribution in [2.24, 2.45) is 10.9 Å². The first kappa shape index (κ1) is 25.5. The van der Waals surface area contributed by atoms with E-state index in [-0.39, 0.29) is 24.0 Å². The van der Waals surface area contributed by atoms with Gasteiger partial charge in [-0.25, -0.2) is 0 Å². The number of piperazine rings is 1. The zero-order chi connectivity index (χ0) is 19.5. The molecule has 0 amide bonds. The van der Waals surface area contributed by atoms with Gasteiger partial charge in [-0.15, -0.1) is 24.0 Å². The van der Waals surface area contributed by atoms with Crippen LogP contribution in [0.3, 0.4) is 0 Å². The Morgan fingerprint density at radius 2 is 1.86 bits per heavy atom. The molecule has 2 N–H and O–H groups in total. The summed E-state index contributed by atoms with van der Waals surface area (Å²) in [5.74, 6) is 1.46. The van der Waals surface area contributed by atoms with Gasteiger partial charge in [-0.1, -0.05) is 37.6 Å². The lowest BCUT2D eigenvalue weighted by Crippen LogP contribution is -2.47. The SMILES string of the molecule is CCNC(=NCC(C)CN1CCN(CC)CC1)NCCc1cccc(Cl)c1.I. The molecule has 1 aromatic rings. The molecule has 1 saturated heterocycles. The number of likely N-dealkylation sites (N-methyl/N-ethyl adjacent to an activating group) is 1. The Balaban J connectivity index is 0.00000392. The van der Waals surface area contributed by atoms with Crippen LogP contribution < -0.4 is 10.6 Å². The van der Waals surface area contributed by atoms with Gasteiger partial charge in [0.25, 0.3) is 0 Å². The molecule has 1 fully saturated rings. The van der Waals surface area contributed by atoms with Crippen LogP contribution >= 0.6 is 35.6 Å². The first-order chi connectivity index (χ1) is 13.1. The lowest BCUT2D eigenvalue weighted by atomic mass is 10.1. The van der Waals surface area contributed by atoms with E-state index in [0.29, 0.717) is 5.92 Å². The summed E-state index contributed by atoms with van der Waals surface area (Å²) in [6.45, 7) is 16.3. The van der Waals surface area contributed by atoms with Gasteiger partial charge in [0.1, 0.15) is 0 Å². The van der Waals surface area contributed by atoms with Gasteiger partial charge in [0.15, 0.2) is 5.96 Å². The molecule has 0 aromatic heterocycles. The zero-order valence-electron chi connectivity index (χ0n) is 17.6. The van der Waals surface area contributed by atoms with Crippen LogP contribution in [0.1, 0.15) is 26.3 Å². The summed E-state index contributed by atoms with van der Waals surface area (Å²) in [5.41, 5.74) is 1.24. The van der Waals surface area contributed by atoms with E-state index in [0.717, 1.165) is 43.6 Å². The fraction of sp³-hybridized carbons (Fsp3) is 0.667. The highest BCUT2D eigenvalue weighted by Gasteiger charge is 2.17. The van der Waals surface area contributed by atoms with Crippen molar-refractivity contribution in [2.75, 3.05) is 58.9 Å². The van der Waals surface area contributed by atoms with E-state index in [2.05, 4.69) is 47.3 Å². The second-order valence-corrected chi connectivity index (χ2v) is 7.80. The summed E-state index contributed by atoms with van der Waals surface area (Å²) in [4.78, 5) is 9.89. The van der Waals surface area contributed by atoms with Gasteiger partial charge >= 0.3 is 0 Å². The number of rotatable bonds is 9. The Labute approximate surface area is 193 Å². The Kier molecular flexibility index (Phi) is 13.1. The minimum Gasteiger partial charge on any atom is -0.357 e. The van der Waals surface area contributed by atoms with Crippen LogP contribution in [-0.4, -0.2) is 74.7 Å². The number of hydrogen-bond acceptors (Lipinski definition) is 3. The lowest BCUT2D eigenvalue weighted by Gasteiger charge is -2.35. The number of aliphatic imine (C=N–C) groups is 1. The monoisotopic (exact) mass is 521 g/mol. The average Bonchev–Trinajstić information content (AvgIpc) is 2.67. The predicted octanol–water partition coefficient (Wildman–Crippen LogP) is 3.33. The largest absolute Gasteiger partial charge is 0.357 e. The van der Waals surface area contributed by atoms with Gasteiger partial charge in [0.2, 0.25) is 0 Å². The maximum absolute atomic E-state index is 6.05. The van der Waals surface area contributed by atoms with Gasteiger partial charge in [-0.05, 0) is 43.5 Å². The van der Waals surface area contributed by atoms with E-state index in [4.69, 9.17) is 16.6 Å². The fourth-order valence-corrected chi connectivity index (χ4v) is 3.61. The smallest absolute Gasteiger partial charge is 0.191 e. The fourth-order valence-electron chi connectivity index (χ4n) is 3.39. The van der Waals surface area contributed by atoms with Crippen LogP contribution in [0.5, 0.6) is 0 Å². The van der Waals surface area contributed by atoms with Crippen molar-refractivity contribution in [3.63, 3.8) is 0 Å². The van der Waals surface area contributed by atoms with Crippen LogP contribution in [-0.2, 0) is 6.42 Å². The van der Waals surface area contributed by atoms with E-state index in [1.54, 1.807) is 0 Å². The topological polar surface area (TPSA) is 42.9 Å². The van der Waals surface area contributed by atoms with E-state index >= 15 is 0 Å². The van der Waals surface area contributed by atoms with Gasteiger partial charge < -0.3 is 20.4 Å². The van der Waals surface area contributed by atoms with Crippen LogP contribution in [0.25, 0.3) is 0 Å². The summed E-state index contributed by atoms with van der Waals surface area (Å²) in [7, 11) is 0. The maximum Gasteiger partial charge on any atom is 0.191 e. The van der Waals surface area contributed by atoms with Crippen molar-refractivity contribution in [3.05, 3.63) is 34.9 Å². The van der Waals surface area contributed by atoms with Crippen LogP contribution in [0.15, 0.2) is 29.3 Å². The number of halogens is 2. The third-order valence-corrected chi connectivity index (χ3v) is 5.22. The molecule has 0 spiro atoms. The predicted molar refractivity (Wildman–Crippen MR) is 132 cm³/mol. The lowest BCUT2D eigenvalue weighted by molar-refractivity contribution is 0.125. The molecule has 1 aliphatic rings. The van der Waals surface area contributed by atoms with Gasteiger partial charge in [-0.3, -0.25) is 4.99 Å². The minimum absolute atomic E-state index is 0. The second-order valence-electron chi connectivity index (χ2n) is 7.37. The highest BCUT2D eigenvalue weighted by Crippen LogP contribution is 2.10. The molecule has 7 heteroatoms. The number of benzene rings is 1. The second kappa shape index (κ2) is 14.4. The minimum atomic E-state index is 0. The van der Waals surface area contributed by atoms with E-state index in [9.17, 15) is 0 Å². The Morgan fingerprint density at radius 3 is 2.50 bits per heavy atom. The Hall–Kier alpha value is -0.570. The average molecular weight is 522 g/mol. The molecule has 28 heavy (non-hydrogen) atoms. The van der Waals surface area contributed by atoms with Crippen LogP contribution in [0.2, 0.25) is 5.02 Å². The summed E-state index contributed by atoms with van der Waals surface area (Å²) < 4.78 is 0. The van der Waals surface area contributed by atoms with Crippen molar-refractivity contribution < 1.29 is 0 Å². The molecule has 5 nitrogen and oxygen atoms in total. The molecule has 0 aliphatic carbocycles. The molecule has 160 valence electrons. The normalized spacial score (nSPS) is 17.1. The molecular weight excluding hydrogens is 485 g/mol. The zero-order valence-corrected chi connectivity index (χ0v) is 20.7. The van der Waals surface area contributed by atoms with Crippen molar-refractivity contribution in [2.45, 2.75) is 27.2 Å². The quantitative estimate of drug-likeness (QED) is 0.297. The number of hydrogen-bond donors (Lipinski definition) is 2. The standard InChI is InChI=1S/C21H36ClN5.HI/c1-4-23-21(24-10-9-19-7-6-8-20(22)15-19)25-16-18(3)17-27-13-11-26(5-2)12-14-27;/h6-8,15,18H,4-5,9-14,16-17H2,1-3H3,(H2,23,24,25);1H. The molecule has 0 bridgehead atoms. The molecule has 1 aromatic carbocycles. The Morgan fingerprint density at radius 1 is 1.14 bits per heavy atom. The summed E-state index contributed by atoms with van der Waals surface area (Å²) >= 11 is 6.05. The summed E-state index contributed by atoms with van der Waals surface area (Å²) in [6, 6.07) is 8.04. The summed E-state index contributed by atoms with van der Waals surface area (Å²) in [5, 5.41) is 7.57. The highest BCUT2D eigenvalue weighted by atomic mass is 127. The van der Waals surface area contributed by atoms with Crippen molar-refractivity contribution in [1.29, 1.82) is 0 Å². The molecular formula is C21H37ClIN5. The molecule has 0 saturated carbocycles. The van der Waals surface area contributed by atoms with Crippen molar-refractivity contribution >= 4 is 41.5 Å². The van der Waals surface area contributed by atoms with Crippen molar-refractivity contribution in [3.8, 4) is 0 Å². The van der Waals surface area contributed by atoms with E-state index < -0.39 is 0 Å². The van der Waals surface area contributed by atoms with E-state index in [1.165, 1.54) is 38.3 Å². The highest BCUT2D eigenvalue weighted by molar-refractivity contribution is 14.0. The molecule has 1 atom stereocenters. The molecule has 1 heterocycles. The van der Waals surface area contributed by atoms with Gasteiger partial charge in [-0.2, -0.15) is 0 Å². The maximum atomic E-state index is 6.05. The first-order valence-corrected chi connectivity index (χ1v) is 10.7. The van der Waals surface area contributed by atoms with Gasteiger partial charge in [0, 0.05) is 57.4 Å². The van der Waals surface area contributed by atoms with E-state index in [1.807, 2.05) is 18.2 Å². The number of guanidine groups is 1. The van der Waals surface area contributed by atoms with Gasteiger partial charge in [0.05, 0.1) is 0 Å². The molecule has 1 aliphatic heterocycles.